The topological polar surface area (TPSA) is 83.1 Å². The van der Waals surface area contributed by atoms with Crippen molar-refractivity contribution in [3.05, 3.63) is 65.7 Å². The molecular weight excluding hydrogens is 458 g/mol. The smallest absolute Gasteiger partial charge is 0.314 e. The maximum Gasteiger partial charge on any atom is 0.314 e. The first kappa shape index (κ1) is 27.1. The Kier molecular flexibility index (Phi) is 9.02. The number of esters is 1. The summed E-state index contributed by atoms with van der Waals surface area (Å²) in [7, 11) is 3.13. The van der Waals surface area contributed by atoms with Crippen LogP contribution in [0.2, 0.25) is 0 Å². The molecule has 7 heteroatoms. The minimum absolute atomic E-state index is 0.0552. The number of carbonyl (C=O) groups excluding carboxylic acids is 2. The van der Waals surface area contributed by atoms with Gasteiger partial charge in [-0.3, -0.25) is 9.59 Å². The van der Waals surface area contributed by atoms with Crippen LogP contribution in [0.3, 0.4) is 0 Å². The van der Waals surface area contributed by atoms with Gasteiger partial charge in [0.05, 0.1) is 26.7 Å². The molecule has 0 fully saturated rings. The number of rotatable bonds is 10. The third-order valence-electron chi connectivity index (χ3n) is 6.29. The van der Waals surface area contributed by atoms with Gasteiger partial charge in [0.1, 0.15) is 5.75 Å². The molecule has 0 radical (unpaired) electrons. The van der Waals surface area contributed by atoms with Gasteiger partial charge in [-0.2, -0.15) is 0 Å². The Balaban J connectivity index is 1.62. The van der Waals surface area contributed by atoms with Crippen LogP contribution in [0.25, 0.3) is 0 Å². The van der Waals surface area contributed by atoms with E-state index in [0.29, 0.717) is 23.7 Å². The molecule has 7 nitrogen and oxygen atoms in total. The summed E-state index contributed by atoms with van der Waals surface area (Å²) in [5.74, 6) is 0.581. The van der Waals surface area contributed by atoms with E-state index >= 15 is 0 Å². The average Bonchev–Trinajstić information content (AvgIpc) is 3.30. The molecule has 1 amide bonds. The van der Waals surface area contributed by atoms with E-state index in [0.717, 1.165) is 5.56 Å². The van der Waals surface area contributed by atoms with Gasteiger partial charge in [-0.15, -0.1) is 0 Å². The molecule has 3 rings (SSSR count). The first-order valence-corrected chi connectivity index (χ1v) is 12.3. The standard InChI is InChI=1S/C29H37NO6/c1-7-35-28(32)27(20-9-15-24(33-5)25(17-20)34-6)19-8-12-22(16-19)30-26(31)18-36-23-13-10-21(11-14-23)29(2,3)4/h8-15,17,19,22,27H,7,16,18H2,1-6H3,(H,30,31). The predicted octanol–water partition coefficient (Wildman–Crippen LogP) is 4.79. The zero-order valence-corrected chi connectivity index (χ0v) is 22.0. The highest BCUT2D eigenvalue weighted by Crippen LogP contribution is 2.38. The van der Waals surface area contributed by atoms with Crippen molar-refractivity contribution < 1.29 is 28.5 Å². The van der Waals surface area contributed by atoms with Gasteiger partial charge in [-0.05, 0) is 60.1 Å². The lowest BCUT2D eigenvalue weighted by Crippen LogP contribution is -2.36. The molecule has 0 saturated heterocycles. The maximum absolute atomic E-state index is 12.9. The van der Waals surface area contributed by atoms with Crippen molar-refractivity contribution in [1.82, 2.24) is 5.32 Å². The Labute approximate surface area is 213 Å². The van der Waals surface area contributed by atoms with Gasteiger partial charge < -0.3 is 24.3 Å². The van der Waals surface area contributed by atoms with E-state index in [9.17, 15) is 9.59 Å². The number of benzene rings is 2. The van der Waals surface area contributed by atoms with Crippen LogP contribution in [0.1, 0.15) is 51.2 Å². The molecule has 0 spiro atoms. The molecule has 3 unspecified atom stereocenters. The summed E-state index contributed by atoms with van der Waals surface area (Å²) in [6.45, 7) is 8.44. The van der Waals surface area contributed by atoms with Crippen LogP contribution in [0.15, 0.2) is 54.6 Å². The van der Waals surface area contributed by atoms with E-state index < -0.39 is 5.92 Å². The summed E-state index contributed by atoms with van der Waals surface area (Å²) in [6.07, 6.45) is 4.47. The number of allylic oxidation sites excluding steroid dienone is 1. The Bertz CT molecular complexity index is 1070. The van der Waals surface area contributed by atoms with Crippen molar-refractivity contribution in [3.63, 3.8) is 0 Å². The molecule has 0 bridgehead atoms. The first-order valence-electron chi connectivity index (χ1n) is 12.3. The van der Waals surface area contributed by atoms with Gasteiger partial charge in [-0.25, -0.2) is 0 Å². The van der Waals surface area contributed by atoms with Crippen LogP contribution in [0.5, 0.6) is 17.2 Å². The van der Waals surface area contributed by atoms with Gasteiger partial charge in [0.15, 0.2) is 18.1 Å². The number of hydrogen-bond donors (Lipinski definition) is 1. The number of nitrogens with one attached hydrogen (secondary N) is 1. The molecule has 0 aromatic heterocycles. The zero-order valence-electron chi connectivity index (χ0n) is 22.0. The minimum Gasteiger partial charge on any atom is -0.493 e. The van der Waals surface area contributed by atoms with Crippen molar-refractivity contribution >= 4 is 11.9 Å². The maximum atomic E-state index is 12.9. The van der Waals surface area contributed by atoms with E-state index in [2.05, 4.69) is 26.1 Å². The summed E-state index contributed by atoms with van der Waals surface area (Å²) < 4.78 is 21.8. The van der Waals surface area contributed by atoms with Crippen molar-refractivity contribution in [3.8, 4) is 17.2 Å². The van der Waals surface area contributed by atoms with Gasteiger partial charge in [0, 0.05) is 6.04 Å². The normalized spacial score (nSPS) is 17.8. The molecule has 2 aromatic carbocycles. The third-order valence-corrected chi connectivity index (χ3v) is 6.29. The molecule has 2 aromatic rings. The molecule has 1 N–H and O–H groups in total. The SMILES string of the molecule is CCOC(=O)C(c1ccc(OC)c(OC)c1)C1C=CC(NC(=O)COc2ccc(C(C)(C)C)cc2)C1. The van der Waals surface area contributed by atoms with E-state index in [1.807, 2.05) is 42.5 Å². The number of hydrogen-bond acceptors (Lipinski definition) is 6. The van der Waals surface area contributed by atoms with Gasteiger partial charge in [0.2, 0.25) is 0 Å². The van der Waals surface area contributed by atoms with E-state index in [1.165, 1.54) is 5.56 Å². The van der Waals surface area contributed by atoms with Crippen LogP contribution in [-0.2, 0) is 19.7 Å². The van der Waals surface area contributed by atoms with E-state index in [1.54, 1.807) is 33.3 Å². The van der Waals surface area contributed by atoms with E-state index in [4.69, 9.17) is 18.9 Å². The Hall–Kier alpha value is -3.48. The second kappa shape index (κ2) is 12.0. The first-order chi connectivity index (χ1) is 17.2. The van der Waals surface area contributed by atoms with Crippen molar-refractivity contribution in [2.45, 2.75) is 51.5 Å². The largest absolute Gasteiger partial charge is 0.493 e. The van der Waals surface area contributed by atoms with Crippen molar-refractivity contribution in [2.24, 2.45) is 5.92 Å². The Morgan fingerprint density at radius 3 is 2.31 bits per heavy atom. The van der Waals surface area contributed by atoms with Crippen LogP contribution in [0, 0.1) is 5.92 Å². The van der Waals surface area contributed by atoms with Crippen LogP contribution in [-0.4, -0.2) is 45.4 Å². The predicted molar refractivity (Wildman–Crippen MR) is 139 cm³/mol. The summed E-state index contributed by atoms with van der Waals surface area (Å²) >= 11 is 0. The molecule has 1 aliphatic carbocycles. The summed E-state index contributed by atoms with van der Waals surface area (Å²) in [6, 6.07) is 13.0. The average molecular weight is 496 g/mol. The van der Waals surface area contributed by atoms with Crippen LogP contribution in [0.4, 0.5) is 0 Å². The van der Waals surface area contributed by atoms with Crippen molar-refractivity contribution in [2.75, 3.05) is 27.4 Å². The fourth-order valence-electron chi connectivity index (χ4n) is 4.37. The van der Waals surface area contributed by atoms with Crippen molar-refractivity contribution in [1.29, 1.82) is 0 Å². The van der Waals surface area contributed by atoms with E-state index in [-0.39, 0.29) is 42.5 Å². The zero-order chi connectivity index (χ0) is 26.3. The second-order valence-electron chi connectivity index (χ2n) is 9.87. The molecule has 3 atom stereocenters. The lowest BCUT2D eigenvalue weighted by molar-refractivity contribution is -0.146. The summed E-state index contributed by atoms with van der Waals surface area (Å²) in [5, 5.41) is 2.99. The highest BCUT2D eigenvalue weighted by Gasteiger charge is 2.35. The van der Waals surface area contributed by atoms with Gasteiger partial charge >= 0.3 is 5.97 Å². The fourth-order valence-corrected chi connectivity index (χ4v) is 4.37. The van der Waals surface area contributed by atoms with Crippen LogP contribution >= 0.6 is 0 Å². The molecule has 0 saturated carbocycles. The number of ether oxygens (including phenoxy) is 4. The lowest BCUT2D eigenvalue weighted by Gasteiger charge is -2.23. The molecule has 0 heterocycles. The van der Waals surface area contributed by atoms with Crippen LogP contribution < -0.4 is 19.5 Å². The third kappa shape index (κ3) is 6.80. The number of carbonyl (C=O) groups is 2. The number of amides is 1. The van der Waals surface area contributed by atoms with Gasteiger partial charge in [0.25, 0.3) is 5.91 Å². The summed E-state index contributed by atoms with van der Waals surface area (Å²) in [4.78, 5) is 25.5. The second-order valence-corrected chi connectivity index (χ2v) is 9.87. The molecule has 36 heavy (non-hydrogen) atoms. The van der Waals surface area contributed by atoms with Gasteiger partial charge in [-0.1, -0.05) is 51.1 Å². The molecule has 0 aliphatic heterocycles. The lowest BCUT2D eigenvalue weighted by atomic mass is 9.85. The molecular formula is C29H37NO6. The molecule has 1 aliphatic rings. The highest BCUT2D eigenvalue weighted by atomic mass is 16.5. The monoisotopic (exact) mass is 495 g/mol. The highest BCUT2D eigenvalue weighted by molar-refractivity contribution is 5.80. The Morgan fingerprint density at radius 2 is 1.69 bits per heavy atom. The minimum atomic E-state index is -0.527. The Morgan fingerprint density at radius 1 is 1.00 bits per heavy atom. The molecule has 194 valence electrons. The summed E-state index contributed by atoms with van der Waals surface area (Å²) in [5.41, 5.74) is 2.03. The number of methoxy groups -OCH3 is 2. The fraction of sp³-hybridized carbons (Fsp3) is 0.448. The quantitative estimate of drug-likeness (QED) is 0.377.